The Hall–Kier alpha value is -1.04. The van der Waals surface area contributed by atoms with Gasteiger partial charge in [-0.3, -0.25) is 4.79 Å². The molecular formula is C15H24Cl2N4O. The summed E-state index contributed by atoms with van der Waals surface area (Å²) in [7, 11) is 0. The molecule has 124 valence electrons. The standard InChI is InChI=1S/C15H22N4O.2ClH/c20-15(13-5-1-3-7-16-13)19-11-9-18(10-12-19)14-6-2-4-8-17-14;;/h2,4,6,8,13,16H,1,3,5,7,9-12H2;2*1H. The Bertz CT molecular complexity index is 446. The Morgan fingerprint density at radius 1 is 1.14 bits per heavy atom. The molecule has 2 aliphatic rings. The first kappa shape index (κ1) is 19.0. The zero-order valence-electron chi connectivity index (χ0n) is 12.6. The van der Waals surface area contributed by atoms with Crippen molar-refractivity contribution >= 4 is 36.5 Å². The minimum absolute atomic E-state index is 0. The van der Waals surface area contributed by atoms with E-state index < -0.39 is 0 Å². The lowest BCUT2D eigenvalue weighted by Gasteiger charge is -2.37. The maximum Gasteiger partial charge on any atom is 0.239 e. The topological polar surface area (TPSA) is 48.5 Å². The summed E-state index contributed by atoms with van der Waals surface area (Å²) in [6.45, 7) is 4.32. The molecule has 1 N–H and O–H groups in total. The zero-order valence-corrected chi connectivity index (χ0v) is 14.2. The molecule has 2 fully saturated rings. The van der Waals surface area contributed by atoms with Gasteiger partial charge >= 0.3 is 0 Å². The van der Waals surface area contributed by atoms with Gasteiger partial charge in [0.2, 0.25) is 5.91 Å². The van der Waals surface area contributed by atoms with Crippen molar-refractivity contribution in [2.75, 3.05) is 37.6 Å². The highest BCUT2D eigenvalue weighted by atomic mass is 35.5. The number of hydrogen-bond donors (Lipinski definition) is 1. The van der Waals surface area contributed by atoms with Crippen LogP contribution in [0.5, 0.6) is 0 Å². The molecule has 0 bridgehead atoms. The van der Waals surface area contributed by atoms with Crippen LogP contribution >= 0.6 is 24.8 Å². The quantitative estimate of drug-likeness (QED) is 0.885. The smallest absolute Gasteiger partial charge is 0.239 e. The predicted molar refractivity (Wildman–Crippen MR) is 93.2 cm³/mol. The number of hydrogen-bond acceptors (Lipinski definition) is 4. The SMILES string of the molecule is Cl.Cl.O=C(C1CCCCN1)N1CCN(c2ccccn2)CC1. The average Bonchev–Trinajstić information content (AvgIpc) is 2.56. The van der Waals surface area contributed by atoms with Crippen LogP contribution in [0.3, 0.4) is 0 Å². The van der Waals surface area contributed by atoms with Crippen LogP contribution in [0.4, 0.5) is 5.82 Å². The van der Waals surface area contributed by atoms with E-state index in [9.17, 15) is 4.79 Å². The molecule has 1 atom stereocenters. The van der Waals surface area contributed by atoms with Crippen molar-refractivity contribution < 1.29 is 4.79 Å². The van der Waals surface area contributed by atoms with E-state index in [2.05, 4.69) is 15.2 Å². The third kappa shape index (κ3) is 4.48. The van der Waals surface area contributed by atoms with Crippen molar-refractivity contribution in [3.05, 3.63) is 24.4 Å². The molecule has 2 saturated heterocycles. The number of aromatic nitrogens is 1. The minimum Gasteiger partial charge on any atom is -0.353 e. The summed E-state index contributed by atoms with van der Waals surface area (Å²) >= 11 is 0. The number of nitrogens with one attached hydrogen (secondary N) is 1. The fourth-order valence-corrected chi connectivity index (χ4v) is 2.98. The normalized spacial score (nSPS) is 21.5. The molecule has 3 rings (SSSR count). The molecule has 1 aromatic heterocycles. The van der Waals surface area contributed by atoms with Crippen LogP contribution in [0.2, 0.25) is 0 Å². The number of carbonyl (C=O) groups is 1. The molecule has 2 aliphatic heterocycles. The van der Waals surface area contributed by atoms with Crippen LogP contribution < -0.4 is 10.2 Å². The van der Waals surface area contributed by atoms with Gasteiger partial charge < -0.3 is 15.1 Å². The summed E-state index contributed by atoms with van der Waals surface area (Å²) in [4.78, 5) is 21.0. The summed E-state index contributed by atoms with van der Waals surface area (Å²) in [6.07, 6.45) is 5.16. The molecule has 7 heteroatoms. The van der Waals surface area contributed by atoms with Gasteiger partial charge in [0.1, 0.15) is 5.82 Å². The molecule has 5 nitrogen and oxygen atoms in total. The molecular weight excluding hydrogens is 323 g/mol. The Balaban J connectivity index is 0.00000121. The minimum atomic E-state index is 0. The first-order valence-corrected chi connectivity index (χ1v) is 7.53. The summed E-state index contributed by atoms with van der Waals surface area (Å²) in [5.41, 5.74) is 0. The number of carbonyl (C=O) groups excluding carboxylic acids is 1. The summed E-state index contributed by atoms with van der Waals surface area (Å²) in [5.74, 6) is 1.29. The lowest BCUT2D eigenvalue weighted by molar-refractivity contribution is -0.134. The number of rotatable bonds is 2. The van der Waals surface area contributed by atoms with Crippen molar-refractivity contribution in [2.24, 2.45) is 0 Å². The maximum absolute atomic E-state index is 12.4. The van der Waals surface area contributed by atoms with Crippen LogP contribution in [-0.2, 0) is 4.79 Å². The van der Waals surface area contributed by atoms with Crippen LogP contribution in [0, 0.1) is 0 Å². The molecule has 0 radical (unpaired) electrons. The number of pyridine rings is 1. The first-order valence-electron chi connectivity index (χ1n) is 7.53. The van der Waals surface area contributed by atoms with E-state index in [1.54, 1.807) is 0 Å². The van der Waals surface area contributed by atoms with E-state index >= 15 is 0 Å². The highest BCUT2D eigenvalue weighted by Gasteiger charge is 2.28. The second-order valence-corrected chi connectivity index (χ2v) is 5.50. The Labute approximate surface area is 144 Å². The molecule has 0 spiro atoms. The number of nitrogens with zero attached hydrogens (tertiary/aromatic N) is 3. The Morgan fingerprint density at radius 2 is 1.91 bits per heavy atom. The van der Waals surface area contributed by atoms with Gasteiger partial charge in [-0.05, 0) is 31.5 Å². The zero-order chi connectivity index (χ0) is 13.8. The van der Waals surface area contributed by atoms with Crippen molar-refractivity contribution in [1.82, 2.24) is 15.2 Å². The Morgan fingerprint density at radius 3 is 2.50 bits per heavy atom. The molecule has 0 aliphatic carbocycles. The van der Waals surface area contributed by atoms with Crippen molar-refractivity contribution in [3.8, 4) is 0 Å². The molecule has 22 heavy (non-hydrogen) atoms. The van der Waals surface area contributed by atoms with Crippen molar-refractivity contribution in [2.45, 2.75) is 25.3 Å². The monoisotopic (exact) mass is 346 g/mol. The summed E-state index contributed by atoms with van der Waals surface area (Å²) in [5, 5.41) is 3.34. The van der Waals surface area contributed by atoms with Gasteiger partial charge in [-0.15, -0.1) is 24.8 Å². The second kappa shape index (κ2) is 9.18. The number of halogens is 2. The molecule has 0 aromatic carbocycles. The van der Waals surface area contributed by atoms with Gasteiger partial charge in [0, 0.05) is 32.4 Å². The van der Waals surface area contributed by atoms with Crippen LogP contribution in [-0.4, -0.2) is 54.6 Å². The van der Waals surface area contributed by atoms with Gasteiger partial charge in [0.05, 0.1) is 6.04 Å². The number of piperazine rings is 1. The van der Waals surface area contributed by atoms with Gasteiger partial charge in [0.15, 0.2) is 0 Å². The largest absolute Gasteiger partial charge is 0.353 e. The van der Waals surface area contributed by atoms with Crippen molar-refractivity contribution in [1.29, 1.82) is 0 Å². The summed E-state index contributed by atoms with van der Waals surface area (Å²) in [6, 6.07) is 6.01. The van der Waals surface area contributed by atoms with E-state index in [0.717, 1.165) is 51.4 Å². The summed E-state index contributed by atoms with van der Waals surface area (Å²) < 4.78 is 0. The Kier molecular flexibility index (Phi) is 7.93. The van der Waals surface area contributed by atoms with E-state index in [-0.39, 0.29) is 36.8 Å². The van der Waals surface area contributed by atoms with E-state index in [0.29, 0.717) is 0 Å². The van der Waals surface area contributed by atoms with Gasteiger partial charge in [-0.2, -0.15) is 0 Å². The lowest BCUT2D eigenvalue weighted by atomic mass is 10.0. The van der Waals surface area contributed by atoms with Crippen molar-refractivity contribution in [3.63, 3.8) is 0 Å². The first-order chi connectivity index (χ1) is 9.84. The van der Waals surface area contributed by atoms with Crippen LogP contribution in [0.25, 0.3) is 0 Å². The molecule has 0 saturated carbocycles. The molecule has 3 heterocycles. The van der Waals surface area contributed by atoms with E-state index in [1.807, 2.05) is 29.3 Å². The third-order valence-corrected chi connectivity index (χ3v) is 4.17. The average molecular weight is 347 g/mol. The third-order valence-electron chi connectivity index (χ3n) is 4.17. The number of amides is 1. The molecule has 1 aromatic rings. The number of anilines is 1. The maximum atomic E-state index is 12.4. The molecule has 1 unspecified atom stereocenters. The highest BCUT2D eigenvalue weighted by Crippen LogP contribution is 2.15. The highest BCUT2D eigenvalue weighted by molar-refractivity contribution is 5.85. The fraction of sp³-hybridized carbons (Fsp3) is 0.600. The lowest BCUT2D eigenvalue weighted by Crippen LogP contribution is -2.55. The van der Waals surface area contributed by atoms with Gasteiger partial charge in [-0.1, -0.05) is 12.5 Å². The van der Waals surface area contributed by atoms with E-state index in [1.165, 1.54) is 6.42 Å². The predicted octanol–water partition coefficient (Wildman–Crippen LogP) is 1.72. The second-order valence-electron chi connectivity index (χ2n) is 5.50. The van der Waals surface area contributed by atoms with E-state index in [4.69, 9.17) is 0 Å². The fourth-order valence-electron chi connectivity index (χ4n) is 2.98. The van der Waals surface area contributed by atoms with Gasteiger partial charge in [0.25, 0.3) is 0 Å². The van der Waals surface area contributed by atoms with Crippen LogP contribution in [0.1, 0.15) is 19.3 Å². The molecule has 1 amide bonds. The van der Waals surface area contributed by atoms with Gasteiger partial charge in [-0.25, -0.2) is 4.98 Å². The van der Waals surface area contributed by atoms with Crippen LogP contribution in [0.15, 0.2) is 24.4 Å². The number of piperidine rings is 1.